The zero-order valence-electron chi connectivity index (χ0n) is 16.4. The van der Waals surface area contributed by atoms with Crippen molar-refractivity contribution in [2.75, 3.05) is 20.4 Å². The predicted octanol–water partition coefficient (Wildman–Crippen LogP) is 4.39. The number of halogens is 1. The Morgan fingerprint density at radius 1 is 1.17 bits per heavy atom. The number of hydrogen-bond donors (Lipinski definition) is 0. The highest BCUT2D eigenvalue weighted by molar-refractivity contribution is 5.54. The molecule has 1 unspecified atom stereocenters. The molecule has 0 fully saturated rings. The number of nitriles is 1. The quantitative estimate of drug-likeness (QED) is 0.500. The standard InChI is InChI=1S/C22H22FN3O3/c1-15-25-22(26-29-15)18-5-3-16(4-6-18)9-20(13-24)19-10-17(14-28-8-7-23)11-21(12-19)27-2/h3-6,10-12,20H,7-9,14H2,1-2H3. The van der Waals surface area contributed by atoms with E-state index < -0.39 is 6.67 Å². The van der Waals surface area contributed by atoms with Crippen LogP contribution in [-0.2, 0) is 17.8 Å². The Kier molecular flexibility index (Phi) is 6.93. The van der Waals surface area contributed by atoms with E-state index in [1.807, 2.05) is 42.5 Å². The number of benzene rings is 2. The summed E-state index contributed by atoms with van der Waals surface area (Å²) in [6.45, 7) is 1.52. The Balaban J connectivity index is 1.77. The minimum absolute atomic E-state index is 0.0421. The third-order valence-electron chi connectivity index (χ3n) is 4.45. The van der Waals surface area contributed by atoms with Gasteiger partial charge < -0.3 is 14.0 Å². The Hall–Kier alpha value is -3.24. The van der Waals surface area contributed by atoms with E-state index in [4.69, 9.17) is 14.0 Å². The van der Waals surface area contributed by atoms with Crippen molar-refractivity contribution in [3.8, 4) is 23.2 Å². The molecule has 6 nitrogen and oxygen atoms in total. The lowest BCUT2D eigenvalue weighted by Gasteiger charge is -2.14. The van der Waals surface area contributed by atoms with Crippen LogP contribution in [0.5, 0.6) is 5.75 Å². The lowest BCUT2D eigenvalue weighted by molar-refractivity contribution is 0.106. The molecule has 3 rings (SSSR count). The summed E-state index contributed by atoms with van der Waals surface area (Å²) in [7, 11) is 1.57. The average Bonchev–Trinajstić information content (AvgIpc) is 3.18. The Bertz CT molecular complexity index is 980. The first-order valence-electron chi connectivity index (χ1n) is 9.23. The van der Waals surface area contributed by atoms with Crippen LogP contribution in [0, 0.1) is 18.3 Å². The van der Waals surface area contributed by atoms with Crippen molar-refractivity contribution in [3.63, 3.8) is 0 Å². The molecule has 0 bridgehead atoms. The smallest absolute Gasteiger partial charge is 0.223 e. The summed E-state index contributed by atoms with van der Waals surface area (Å²) < 4.78 is 27.9. The number of aromatic nitrogens is 2. The summed E-state index contributed by atoms with van der Waals surface area (Å²) >= 11 is 0. The summed E-state index contributed by atoms with van der Waals surface area (Å²) in [5.74, 6) is 1.34. The maximum Gasteiger partial charge on any atom is 0.223 e. The molecule has 29 heavy (non-hydrogen) atoms. The molecule has 0 N–H and O–H groups in total. The van der Waals surface area contributed by atoms with Crippen LogP contribution in [0.2, 0.25) is 0 Å². The van der Waals surface area contributed by atoms with Gasteiger partial charge in [-0.25, -0.2) is 4.39 Å². The van der Waals surface area contributed by atoms with Crippen LogP contribution in [-0.4, -0.2) is 30.5 Å². The molecule has 3 aromatic rings. The van der Waals surface area contributed by atoms with E-state index in [0.717, 1.165) is 22.3 Å². The highest BCUT2D eigenvalue weighted by Gasteiger charge is 2.15. The molecule has 150 valence electrons. The second kappa shape index (κ2) is 9.80. The van der Waals surface area contributed by atoms with E-state index in [0.29, 0.717) is 23.9 Å². The fraction of sp³-hybridized carbons (Fsp3) is 0.318. The van der Waals surface area contributed by atoms with Gasteiger partial charge in [0.15, 0.2) is 0 Å². The topological polar surface area (TPSA) is 81.2 Å². The predicted molar refractivity (Wildman–Crippen MR) is 105 cm³/mol. The first-order valence-corrected chi connectivity index (χ1v) is 9.23. The molecule has 0 saturated carbocycles. The Labute approximate surface area is 168 Å². The molecule has 7 heteroatoms. The first kappa shape index (κ1) is 20.5. The van der Waals surface area contributed by atoms with Crippen molar-refractivity contribution < 1.29 is 18.4 Å². The average molecular weight is 395 g/mol. The molecule has 0 aliphatic heterocycles. The van der Waals surface area contributed by atoms with Crippen LogP contribution >= 0.6 is 0 Å². The van der Waals surface area contributed by atoms with Gasteiger partial charge in [0.2, 0.25) is 11.7 Å². The monoisotopic (exact) mass is 395 g/mol. The van der Waals surface area contributed by atoms with Gasteiger partial charge in [0.05, 0.1) is 32.3 Å². The van der Waals surface area contributed by atoms with Gasteiger partial charge in [0, 0.05) is 12.5 Å². The second-order valence-electron chi connectivity index (χ2n) is 6.58. The maximum absolute atomic E-state index is 12.3. The number of nitrogens with zero attached hydrogens (tertiary/aromatic N) is 3. The van der Waals surface area contributed by atoms with E-state index in [9.17, 15) is 9.65 Å². The van der Waals surface area contributed by atoms with Gasteiger partial charge in [-0.15, -0.1) is 0 Å². The van der Waals surface area contributed by atoms with E-state index in [1.165, 1.54) is 0 Å². The van der Waals surface area contributed by atoms with Gasteiger partial charge in [-0.05, 0) is 35.2 Å². The lowest BCUT2D eigenvalue weighted by atomic mass is 9.91. The van der Waals surface area contributed by atoms with E-state index in [-0.39, 0.29) is 19.1 Å². The number of hydrogen-bond acceptors (Lipinski definition) is 6. The normalized spacial score (nSPS) is 11.8. The molecule has 1 aromatic heterocycles. The maximum atomic E-state index is 12.3. The number of ether oxygens (including phenoxy) is 2. The largest absolute Gasteiger partial charge is 0.497 e. The van der Waals surface area contributed by atoms with Crippen molar-refractivity contribution in [2.24, 2.45) is 0 Å². The molecule has 0 saturated heterocycles. The van der Waals surface area contributed by atoms with Gasteiger partial charge in [0.1, 0.15) is 12.4 Å². The van der Waals surface area contributed by atoms with E-state index in [2.05, 4.69) is 16.2 Å². The minimum atomic E-state index is -0.531. The van der Waals surface area contributed by atoms with Gasteiger partial charge >= 0.3 is 0 Å². The van der Waals surface area contributed by atoms with Crippen molar-refractivity contribution in [1.29, 1.82) is 5.26 Å². The zero-order valence-corrected chi connectivity index (χ0v) is 16.4. The molecule has 0 radical (unpaired) electrons. The Morgan fingerprint density at radius 2 is 1.97 bits per heavy atom. The fourth-order valence-electron chi connectivity index (χ4n) is 3.01. The lowest BCUT2D eigenvalue weighted by Crippen LogP contribution is -2.04. The number of methoxy groups -OCH3 is 1. The SMILES string of the molecule is COc1cc(COCCF)cc(C(C#N)Cc2ccc(-c3noc(C)n3)cc2)c1. The van der Waals surface area contributed by atoms with Crippen molar-refractivity contribution in [2.45, 2.75) is 25.9 Å². The van der Waals surface area contributed by atoms with Gasteiger partial charge in [0.25, 0.3) is 0 Å². The summed E-state index contributed by atoms with van der Waals surface area (Å²) in [5, 5.41) is 13.7. The fourth-order valence-corrected chi connectivity index (χ4v) is 3.01. The summed E-state index contributed by atoms with van der Waals surface area (Å²) in [5.41, 5.74) is 3.55. The van der Waals surface area contributed by atoms with Gasteiger partial charge in [-0.1, -0.05) is 35.5 Å². The van der Waals surface area contributed by atoms with Crippen LogP contribution < -0.4 is 4.74 Å². The number of alkyl halides is 1. The Morgan fingerprint density at radius 3 is 2.59 bits per heavy atom. The van der Waals surface area contributed by atoms with Crippen LogP contribution in [0.1, 0.15) is 28.5 Å². The molecule has 1 atom stereocenters. The number of aryl methyl sites for hydroxylation is 1. The highest BCUT2D eigenvalue weighted by atomic mass is 19.1. The first-order chi connectivity index (χ1) is 14.1. The summed E-state index contributed by atoms with van der Waals surface area (Å²) in [4.78, 5) is 4.22. The summed E-state index contributed by atoms with van der Waals surface area (Å²) in [6.07, 6.45) is 0.542. The summed E-state index contributed by atoms with van der Waals surface area (Å²) in [6, 6.07) is 15.7. The van der Waals surface area contributed by atoms with Crippen LogP contribution in [0.4, 0.5) is 4.39 Å². The zero-order chi connectivity index (χ0) is 20.6. The highest BCUT2D eigenvalue weighted by Crippen LogP contribution is 2.27. The molecular weight excluding hydrogens is 373 g/mol. The van der Waals surface area contributed by atoms with E-state index >= 15 is 0 Å². The third kappa shape index (κ3) is 5.39. The molecule has 0 spiro atoms. The van der Waals surface area contributed by atoms with Crippen LogP contribution in [0.3, 0.4) is 0 Å². The minimum Gasteiger partial charge on any atom is -0.497 e. The third-order valence-corrected chi connectivity index (χ3v) is 4.45. The van der Waals surface area contributed by atoms with Crippen LogP contribution in [0.15, 0.2) is 47.0 Å². The van der Waals surface area contributed by atoms with Crippen molar-refractivity contribution in [1.82, 2.24) is 10.1 Å². The van der Waals surface area contributed by atoms with E-state index in [1.54, 1.807) is 14.0 Å². The second-order valence-corrected chi connectivity index (χ2v) is 6.58. The molecule has 0 aliphatic carbocycles. The van der Waals surface area contributed by atoms with Gasteiger partial charge in [-0.3, -0.25) is 0 Å². The van der Waals surface area contributed by atoms with Crippen molar-refractivity contribution >= 4 is 0 Å². The molecule has 0 aliphatic rings. The van der Waals surface area contributed by atoms with Gasteiger partial charge in [-0.2, -0.15) is 10.2 Å². The molecular formula is C22H22FN3O3. The molecule has 1 heterocycles. The van der Waals surface area contributed by atoms with Crippen LogP contribution in [0.25, 0.3) is 11.4 Å². The molecule has 0 amide bonds. The molecule has 2 aromatic carbocycles. The number of rotatable bonds is 9. The van der Waals surface area contributed by atoms with Crippen molar-refractivity contribution in [3.05, 3.63) is 65.0 Å².